The van der Waals surface area contributed by atoms with Gasteiger partial charge in [0.05, 0.1) is 0 Å². The van der Waals surface area contributed by atoms with Gasteiger partial charge < -0.3 is 10.3 Å². The molecule has 3 heteroatoms. The van der Waals surface area contributed by atoms with Crippen LogP contribution in [-0.4, -0.2) is 29.1 Å². The number of benzene rings is 1. The van der Waals surface area contributed by atoms with Gasteiger partial charge in [0.1, 0.15) is 0 Å². The predicted octanol–water partition coefficient (Wildman–Crippen LogP) is 1.42. The zero-order chi connectivity index (χ0) is 11.0. The lowest BCUT2D eigenvalue weighted by molar-refractivity contribution is 0.229. The lowest BCUT2D eigenvalue weighted by Crippen LogP contribution is -2.36. The second-order valence-electron chi connectivity index (χ2n) is 4.41. The van der Waals surface area contributed by atoms with E-state index in [1.165, 1.54) is 16.6 Å². The van der Waals surface area contributed by atoms with Crippen molar-refractivity contribution in [1.29, 1.82) is 0 Å². The normalized spacial score (nSPS) is 16.6. The molecule has 0 saturated heterocycles. The minimum atomic E-state index is 0.750. The first kappa shape index (κ1) is 9.87. The number of para-hydroxylation sites is 1. The Hall–Kier alpha value is -1.32. The van der Waals surface area contributed by atoms with Crippen molar-refractivity contribution in [3.63, 3.8) is 0 Å². The second kappa shape index (κ2) is 3.92. The molecule has 0 bridgehead atoms. The van der Waals surface area contributed by atoms with Crippen LogP contribution in [0, 0.1) is 0 Å². The van der Waals surface area contributed by atoms with E-state index in [9.17, 15) is 0 Å². The van der Waals surface area contributed by atoms with E-state index in [2.05, 4.69) is 39.8 Å². The third-order valence-electron chi connectivity index (χ3n) is 3.37. The molecule has 1 aromatic heterocycles. The van der Waals surface area contributed by atoms with E-state index in [1.807, 2.05) is 0 Å². The molecule has 0 radical (unpaired) electrons. The molecule has 0 atom stereocenters. The van der Waals surface area contributed by atoms with Crippen LogP contribution in [0.5, 0.6) is 0 Å². The van der Waals surface area contributed by atoms with Crippen LogP contribution >= 0.6 is 0 Å². The molecular weight excluding hydrogens is 198 g/mol. The molecule has 0 fully saturated rings. The van der Waals surface area contributed by atoms with E-state index >= 15 is 0 Å². The highest BCUT2D eigenvalue weighted by atomic mass is 15.2. The summed E-state index contributed by atoms with van der Waals surface area (Å²) in [6.45, 7) is 4.99. The lowest BCUT2D eigenvalue weighted by Gasteiger charge is -2.28. The van der Waals surface area contributed by atoms with Gasteiger partial charge in [0.2, 0.25) is 0 Å². The Morgan fingerprint density at radius 2 is 2.06 bits per heavy atom. The highest BCUT2D eigenvalue weighted by Gasteiger charge is 2.17. The molecule has 16 heavy (non-hydrogen) atoms. The third-order valence-corrected chi connectivity index (χ3v) is 3.37. The summed E-state index contributed by atoms with van der Waals surface area (Å²) in [5.74, 6) is 0. The number of nitrogens with two attached hydrogens (primary N) is 1. The molecule has 0 aliphatic carbocycles. The monoisotopic (exact) mass is 215 g/mol. The molecule has 3 rings (SSSR count). The van der Waals surface area contributed by atoms with Crippen molar-refractivity contribution < 1.29 is 0 Å². The minimum Gasteiger partial charge on any atom is -0.342 e. The van der Waals surface area contributed by atoms with Crippen molar-refractivity contribution in [1.82, 2.24) is 9.47 Å². The summed E-state index contributed by atoms with van der Waals surface area (Å²) in [6.07, 6.45) is 0. The van der Waals surface area contributed by atoms with Crippen LogP contribution in [0.4, 0.5) is 0 Å². The molecule has 0 spiro atoms. The SMILES string of the molecule is NCCN1CCn2c(cc3ccccc32)C1. The Balaban J connectivity index is 1.99. The quantitative estimate of drug-likeness (QED) is 0.822. The van der Waals surface area contributed by atoms with E-state index in [-0.39, 0.29) is 0 Å². The van der Waals surface area contributed by atoms with Crippen LogP contribution in [0.2, 0.25) is 0 Å². The average Bonchev–Trinajstić information content (AvgIpc) is 2.67. The summed E-state index contributed by atoms with van der Waals surface area (Å²) >= 11 is 0. The molecular formula is C13H17N3. The van der Waals surface area contributed by atoms with Crippen molar-refractivity contribution in [3.05, 3.63) is 36.0 Å². The topological polar surface area (TPSA) is 34.2 Å². The number of rotatable bonds is 2. The van der Waals surface area contributed by atoms with Gasteiger partial charge in [0, 0.05) is 43.9 Å². The van der Waals surface area contributed by atoms with Crippen molar-refractivity contribution in [2.75, 3.05) is 19.6 Å². The molecule has 0 unspecified atom stereocenters. The second-order valence-corrected chi connectivity index (χ2v) is 4.41. The van der Waals surface area contributed by atoms with Crippen LogP contribution in [0.25, 0.3) is 10.9 Å². The highest BCUT2D eigenvalue weighted by molar-refractivity contribution is 5.81. The summed E-state index contributed by atoms with van der Waals surface area (Å²) in [5, 5.41) is 1.35. The van der Waals surface area contributed by atoms with Gasteiger partial charge in [-0.25, -0.2) is 0 Å². The van der Waals surface area contributed by atoms with Crippen molar-refractivity contribution >= 4 is 10.9 Å². The van der Waals surface area contributed by atoms with Gasteiger partial charge in [-0.3, -0.25) is 4.90 Å². The van der Waals surface area contributed by atoms with Crippen LogP contribution in [-0.2, 0) is 13.1 Å². The number of fused-ring (bicyclic) bond motifs is 3. The summed E-state index contributed by atoms with van der Waals surface area (Å²) in [7, 11) is 0. The molecule has 2 heterocycles. The van der Waals surface area contributed by atoms with Gasteiger partial charge in [0.25, 0.3) is 0 Å². The van der Waals surface area contributed by atoms with Gasteiger partial charge in [-0.05, 0) is 17.5 Å². The zero-order valence-corrected chi connectivity index (χ0v) is 9.39. The van der Waals surface area contributed by atoms with Crippen LogP contribution in [0.15, 0.2) is 30.3 Å². The maximum atomic E-state index is 5.61. The molecule has 2 N–H and O–H groups in total. The van der Waals surface area contributed by atoms with Gasteiger partial charge in [-0.15, -0.1) is 0 Å². The standard InChI is InChI=1S/C13H17N3/c14-5-6-15-7-8-16-12(10-15)9-11-3-1-2-4-13(11)16/h1-4,9H,5-8,10,14H2. The summed E-state index contributed by atoms with van der Waals surface area (Å²) in [4.78, 5) is 2.42. The zero-order valence-electron chi connectivity index (χ0n) is 9.39. The van der Waals surface area contributed by atoms with Gasteiger partial charge in [-0.1, -0.05) is 18.2 Å². The predicted molar refractivity (Wildman–Crippen MR) is 66.3 cm³/mol. The third kappa shape index (κ3) is 1.52. The van der Waals surface area contributed by atoms with E-state index in [1.54, 1.807) is 0 Å². The fraction of sp³-hybridized carbons (Fsp3) is 0.385. The minimum absolute atomic E-state index is 0.750. The number of aromatic nitrogens is 1. The van der Waals surface area contributed by atoms with E-state index in [0.29, 0.717) is 0 Å². The van der Waals surface area contributed by atoms with Gasteiger partial charge >= 0.3 is 0 Å². The summed E-state index contributed by atoms with van der Waals surface area (Å²) in [5.41, 5.74) is 8.39. The largest absolute Gasteiger partial charge is 0.342 e. The highest BCUT2D eigenvalue weighted by Crippen LogP contribution is 2.23. The molecule has 0 amide bonds. The van der Waals surface area contributed by atoms with E-state index in [4.69, 9.17) is 5.73 Å². The van der Waals surface area contributed by atoms with E-state index < -0.39 is 0 Å². The maximum Gasteiger partial charge on any atom is 0.0483 e. The number of hydrogen-bond donors (Lipinski definition) is 1. The first-order valence-electron chi connectivity index (χ1n) is 5.88. The van der Waals surface area contributed by atoms with Crippen molar-refractivity contribution in [3.8, 4) is 0 Å². The molecule has 0 saturated carbocycles. The Kier molecular flexibility index (Phi) is 2.42. The van der Waals surface area contributed by atoms with Crippen LogP contribution < -0.4 is 5.73 Å². The average molecular weight is 215 g/mol. The molecule has 1 aliphatic rings. The molecule has 3 nitrogen and oxygen atoms in total. The van der Waals surface area contributed by atoms with Crippen LogP contribution in [0.3, 0.4) is 0 Å². The summed E-state index contributed by atoms with van der Waals surface area (Å²) in [6, 6.07) is 10.9. The van der Waals surface area contributed by atoms with Crippen molar-refractivity contribution in [2.24, 2.45) is 5.73 Å². The maximum absolute atomic E-state index is 5.61. The number of hydrogen-bond acceptors (Lipinski definition) is 2. The summed E-state index contributed by atoms with van der Waals surface area (Å²) < 4.78 is 2.43. The molecule has 1 aromatic carbocycles. The van der Waals surface area contributed by atoms with Crippen LogP contribution in [0.1, 0.15) is 5.69 Å². The molecule has 2 aromatic rings. The lowest BCUT2D eigenvalue weighted by atomic mass is 10.2. The Morgan fingerprint density at radius 3 is 2.94 bits per heavy atom. The van der Waals surface area contributed by atoms with Gasteiger partial charge in [-0.2, -0.15) is 0 Å². The molecule has 84 valence electrons. The molecule has 1 aliphatic heterocycles. The first-order valence-corrected chi connectivity index (χ1v) is 5.88. The Morgan fingerprint density at radius 1 is 1.19 bits per heavy atom. The fourth-order valence-electron chi connectivity index (χ4n) is 2.59. The smallest absolute Gasteiger partial charge is 0.0483 e. The fourth-order valence-corrected chi connectivity index (χ4v) is 2.59. The number of nitrogens with zero attached hydrogens (tertiary/aromatic N) is 2. The Labute approximate surface area is 95.5 Å². The van der Waals surface area contributed by atoms with Crippen molar-refractivity contribution in [2.45, 2.75) is 13.1 Å². The van der Waals surface area contributed by atoms with Gasteiger partial charge in [0.15, 0.2) is 0 Å². The first-order chi connectivity index (χ1) is 7.88. The van der Waals surface area contributed by atoms with E-state index in [0.717, 1.165) is 32.7 Å². The Bertz CT molecular complexity index is 501.